The molecule has 0 amide bonds. The number of aromatic nitrogens is 2. The van der Waals surface area contributed by atoms with Gasteiger partial charge in [-0.1, -0.05) is 29.8 Å². The summed E-state index contributed by atoms with van der Waals surface area (Å²) < 4.78 is 1.83. The van der Waals surface area contributed by atoms with Crippen LogP contribution >= 0.6 is 0 Å². The molecule has 0 spiro atoms. The van der Waals surface area contributed by atoms with Crippen molar-refractivity contribution in [3.05, 3.63) is 53.3 Å². The molecule has 0 aliphatic heterocycles. The van der Waals surface area contributed by atoms with E-state index < -0.39 is 0 Å². The van der Waals surface area contributed by atoms with Crippen LogP contribution in [0.5, 0.6) is 0 Å². The fourth-order valence-corrected chi connectivity index (χ4v) is 1.57. The van der Waals surface area contributed by atoms with Crippen LogP contribution in [-0.4, -0.2) is 14.9 Å². The standard InChI is InChI=1S/C12H14N2O/c1-10-3-2-4-11(7-10)8-14-6-5-12(9-15)13-14/h2-7,15H,8-9H2,1H3. The average molecular weight is 202 g/mol. The lowest BCUT2D eigenvalue weighted by Crippen LogP contribution is -2.01. The van der Waals surface area contributed by atoms with Crippen LogP contribution in [0.15, 0.2) is 36.5 Å². The Balaban J connectivity index is 2.14. The average Bonchev–Trinajstić information content (AvgIpc) is 2.65. The summed E-state index contributed by atoms with van der Waals surface area (Å²) >= 11 is 0. The highest BCUT2D eigenvalue weighted by atomic mass is 16.3. The van der Waals surface area contributed by atoms with Crippen LogP contribution in [0, 0.1) is 6.92 Å². The molecular weight excluding hydrogens is 188 g/mol. The predicted molar refractivity (Wildman–Crippen MR) is 58.4 cm³/mol. The van der Waals surface area contributed by atoms with Crippen molar-refractivity contribution < 1.29 is 5.11 Å². The molecule has 0 aliphatic rings. The summed E-state index contributed by atoms with van der Waals surface area (Å²) in [6.45, 7) is 2.83. The van der Waals surface area contributed by atoms with Gasteiger partial charge in [-0.3, -0.25) is 4.68 Å². The number of hydrogen-bond acceptors (Lipinski definition) is 2. The van der Waals surface area contributed by atoms with Gasteiger partial charge in [-0.05, 0) is 18.6 Å². The first-order valence-corrected chi connectivity index (χ1v) is 4.96. The largest absolute Gasteiger partial charge is 0.390 e. The zero-order valence-corrected chi connectivity index (χ0v) is 8.72. The quantitative estimate of drug-likeness (QED) is 0.823. The molecule has 1 aromatic heterocycles. The lowest BCUT2D eigenvalue weighted by atomic mass is 10.1. The molecule has 0 saturated heterocycles. The Morgan fingerprint density at radius 3 is 2.87 bits per heavy atom. The molecule has 1 aromatic carbocycles. The molecule has 78 valence electrons. The number of nitrogens with zero attached hydrogens (tertiary/aromatic N) is 2. The first-order valence-electron chi connectivity index (χ1n) is 4.96. The molecule has 3 nitrogen and oxygen atoms in total. The topological polar surface area (TPSA) is 38.0 Å². The van der Waals surface area contributed by atoms with Crippen molar-refractivity contribution in [2.75, 3.05) is 0 Å². The molecule has 3 heteroatoms. The van der Waals surface area contributed by atoms with Crippen molar-refractivity contribution in [3.63, 3.8) is 0 Å². The van der Waals surface area contributed by atoms with Gasteiger partial charge in [0.1, 0.15) is 0 Å². The molecule has 1 N–H and O–H groups in total. The highest BCUT2D eigenvalue weighted by Crippen LogP contribution is 2.06. The second kappa shape index (κ2) is 4.28. The third kappa shape index (κ3) is 2.44. The number of aliphatic hydroxyl groups is 1. The fraction of sp³-hybridized carbons (Fsp3) is 0.250. The number of rotatable bonds is 3. The molecule has 0 atom stereocenters. The van der Waals surface area contributed by atoms with Crippen LogP contribution in [0.4, 0.5) is 0 Å². The molecule has 0 fully saturated rings. The molecular formula is C12H14N2O. The summed E-state index contributed by atoms with van der Waals surface area (Å²) in [5, 5.41) is 13.1. The predicted octanol–water partition coefficient (Wildman–Crippen LogP) is 1.73. The van der Waals surface area contributed by atoms with Crippen LogP contribution in [0.1, 0.15) is 16.8 Å². The van der Waals surface area contributed by atoms with Gasteiger partial charge >= 0.3 is 0 Å². The molecule has 2 rings (SSSR count). The Morgan fingerprint density at radius 1 is 1.33 bits per heavy atom. The van der Waals surface area contributed by atoms with Gasteiger partial charge in [-0.25, -0.2) is 0 Å². The molecule has 0 unspecified atom stereocenters. The van der Waals surface area contributed by atoms with E-state index in [1.54, 1.807) is 0 Å². The minimum absolute atomic E-state index is 0.000811. The molecule has 1 heterocycles. The van der Waals surface area contributed by atoms with E-state index in [0.717, 1.165) is 6.54 Å². The van der Waals surface area contributed by atoms with E-state index in [4.69, 9.17) is 5.11 Å². The SMILES string of the molecule is Cc1cccc(Cn2ccc(CO)n2)c1. The maximum Gasteiger partial charge on any atom is 0.0879 e. The summed E-state index contributed by atoms with van der Waals surface area (Å²) in [5.74, 6) is 0. The van der Waals surface area contributed by atoms with Gasteiger partial charge in [-0.15, -0.1) is 0 Å². The molecule has 0 aliphatic carbocycles. The van der Waals surface area contributed by atoms with E-state index in [9.17, 15) is 0 Å². The van der Waals surface area contributed by atoms with Crippen LogP contribution in [0.3, 0.4) is 0 Å². The Hall–Kier alpha value is -1.61. The summed E-state index contributed by atoms with van der Waals surface area (Å²) in [4.78, 5) is 0. The highest BCUT2D eigenvalue weighted by molar-refractivity contribution is 5.22. The minimum Gasteiger partial charge on any atom is -0.390 e. The van der Waals surface area contributed by atoms with Crippen LogP contribution < -0.4 is 0 Å². The van der Waals surface area contributed by atoms with Crippen molar-refractivity contribution in [3.8, 4) is 0 Å². The van der Waals surface area contributed by atoms with E-state index in [2.05, 4.69) is 30.2 Å². The van der Waals surface area contributed by atoms with E-state index in [1.165, 1.54) is 11.1 Å². The van der Waals surface area contributed by atoms with Gasteiger partial charge < -0.3 is 5.11 Å². The maximum atomic E-state index is 8.89. The summed E-state index contributed by atoms with van der Waals surface area (Å²) in [6.07, 6.45) is 1.88. The zero-order chi connectivity index (χ0) is 10.7. The zero-order valence-electron chi connectivity index (χ0n) is 8.72. The second-order valence-electron chi connectivity index (χ2n) is 3.65. The maximum absolute atomic E-state index is 8.89. The van der Waals surface area contributed by atoms with Crippen molar-refractivity contribution in [1.82, 2.24) is 9.78 Å². The number of benzene rings is 1. The normalized spacial score (nSPS) is 10.5. The Labute approximate surface area is 89.0 Å². The Bertz CT molecular complexity index is 448. The smallest absolute Gasteiger partial charge is 0.0879 e. The van der Waals surface area contributed by atoms with E-state index >= 15 is 0 Å². The van der Waals surface area contributed by atoms with Crippen LogP contribution in [0.25, 0.3) is 0 Å². The Morgan fingerprint density at radius 2 is 2.20 bits per heavy atom. The highest BCUT2D eigenvalue weighted by Gasteiger charge is 1.98. The minimum atomic E-state index is 0.000811. The summed E-state index contributed by atoms with van der Waals surface area (Å²) in [7, 11) is 0. The first-order chi connectivity index (χ1) is 7.28. The van der Waals surface area contributed by atoms with E-state index in [1.807, 2.05) is 23.0 Å². The first kappa shape index (κ1) is 9.93. The van der Waals surface area contributed by atoms with Crippen molar-refractivity contribution in [2.45, 2.75) is 20.1 Å². The number of hydrogen-bond donors (Lipinski definition) is 1. The van der Waals surface area contributed by atoms with Crippen molar-refractivity contribution in [1.29, 1.82) is 0 Å². The van der Waals surface area contributed by atoms with Crippen LogP contribution in [0.2, 0.25) is 0 Å². The lowest BCUT2D eigenvalue weighted by Gasteiger charge is -2.02. The van der Waals surface area contributed by atoms with Gasteiger partial charge in [0.05, 0.1) is 18.8 Å². The van der Waals surface area contributed by atoms with Crippen molar-refractivity contribution >= 4 is 0 Å². The van der Waals surface area contributed by atoms with E-state index in [-0.39, 0.29) is 6.61 Å². The van der Waals surface area contributed by atoms with Gasteiger partial charge in [0.15, 0.2) is 0 Å². The van der Waals surface area contributed by atoms with Crippen LogP contribution in [-0.2, 0) is 13.2 Å². The summed E-state index contributed by atoms with van der Waals surface area (Å²) in [6, 6.07) is 10.2. The lowest BCUT2D eigenvalue weighted by molar-refractivity contribution is 0.275. The third-order valence-electron chi connectivity index (χ3n) is 2.28. The molecule has 0 saturated carbocycles. The molecule has 2 aromatic rings. The monoisotopic (exact) mass is 202 g/mol. The van der Waals surface area contributed by atoms with Gasteiger partial charge in [0, 0.05) is 6.20 Å². The van der Waals surface area contributed by atoms with Gasteiger partial charge in [0.25, 0.3) is 0 Å². The summed E-state index contributed by atoms with van der Waals surface area (Å²) in [5.41, 5.74) is 3.19. The van der Waals surface area contributed by atoms with Gasteiger partial charge in [0.2, 0.25) is 0 Å². The molecule has 0 bridgehead atoms. The Kier molecular flexibility index (Phi) is 2.83. The van der Waals surface area contributed by atoms with Crippen molar-refractivity contribution in [2.24, 2.45) is 0 Å². The number of aliphatic hydroxyl groups excluding tert-OH is 1. The van der Waals surface area contributed by atoms with Gasteiger partial charge in [-0.2, -0.15) is 5.10 Å². The third-order valence-corrected chi connectivity index (χ3v) is 2.28. The van der Waals surface area contributed by atoms with E-state index in [0.29, 0.717) is 5.69 Å². The molecule has 15 heavy (non-hydrogen) atoms. The fourth-order valence-electron chi connectivity index (χ4n) is 1.57. The number of aryl methyl sites for hydroxylation is 1. The second-order valence-corrected chi connectivity index (χ2v) is 3.65. The molecule has 0 radical (unpaired) electrons.